The smallest absolute Gasteiger partial charge is 0.337 e. The maximum Gasteiger partial charge on any atom is 0.337 e. The van der Waals surface area contributed by atoms with Crippen molar-refractivity contribution < 1.29 is 18.7 Å². The lowest BCUT2D eigenvalue weighted by atomic mass is 10.2. The van der Waals surface area contributed by atoms with Gasteiger partial charge in [0.2, 0.25) is 0 Å². The SMILES string of the molecule is COC(=O)c1ccc(OCCO[Si](C)(c2ccccc2)c2ccccc2)cc1. The first-order chi connectivity index (χ1) is 13.6. The third kappa shape index (κ3) is 4.68. The normalized spacial score (nSPS) is 11.1. The molecule has 0 saturated carbocycles. The number of esters is 1. The van der Waals surface area contributed by atoms with Gasteiger partial charge < -0.3 is 13.9 Å². The Labute approximate surface area is 166 Å². The summed E-state index contributed by atoms with van der Waals surface area (Å²) in [6, 6.07) is 27.7. The van der Waals surface area contributed by atoms with Gasteiger partial charge in [0.15, 0.2) is 0 Å². The number of rotatable bonds is 8. The number of hydrogen-bond acceptors (Lipinski definition) is 4. The predicted octanol–water partition coefficient (Wildman–Crippen LogP) is 3.26. The quantitative estimate of drug-likeness (QED) is 0.335. The molecule has 0 heterocycles. The molecule has 3 aromatic carbocycles. The van der Waals surface area contributed by atoms with E-state index in [2.05, 4.69) is 30.8 Å². The van der Waals surface area contributed by atoms with Crippen LogP contribution in [-0.4, -0.2) is 34.6 Å². The summed E-state index contributed by atoms with van der Waals surface area (Å²) < 4.78 is 16.9. The summed E-state index contributed by atoms with van der Waals surface area (Å²) in [7, 11) is -0.944. The van der Waals surface area contributed by atoms with Crippen LogP contribution in [0.25, 0.3) is 0 Å². The third-order valence-electron chi connectivity index (χ3n) is 4.67. The lowest BCUT2D eigenvalue weighted by molar-refractivity contribution is 0.0600. The Morgan fingerprint density at radius 2 is 1.32 bits per heavy atom. The van der Waals surface area contributed by atoms with Gasteiger partial charge in [0, 0.05) is 0 Å². The molecule has 0 aromatic heterocycles. The van der Waals surface area contributed by atoms with Gasteiger partial charge in [-0.2, -0.15) is 0 Å². The minimum atomic E-state index is -2.31. The topological polar surface area (TPSA) is 44.8 Å². The van der Waals surface area contributed by atoms with E-state index in [0.29, 0.717) is 24.5 Å². The second-order valence-corrected chi connectivity index (χ2v) is 9.99. The highest BCUT2D eigenvalue weighted by atomic mass is 28.4. The van der Waals surface area contributed by atoms with Crippen molar-refractivity contribution in [3.05, 3.63) is 90.5 Å². The van der Waals surface area contributed by atoms with Crippen LogP contribution in [0.15, 0.2) is 84.9 Å². The molecule has 144 valence electrons. The molecule has 0 unspecified atom stereocenters. The molecule has 0 aliphatic carbocycles. The number of hydrogen-bond donors (Lipinski definition) is 0. The molecule has 0 atom stereocenters. The van der Waals surface area contributed by atoms with Gasteiger partial charge in [-0.15, -0.1) is 0 Å². The third-order valence-corrected chi connectivity index (χ3v) is 8.32. The zero-order valence-electron chi connectivity index (χ0n) is 16.1. The van der Waals surface area contributed by atoms with Gasteiger partial charge in [0.25, 0.3) is 8.32 Å². The van der Waals surface area contributed by atoms with Crippen LogP contribution >= 0.6 is 0 Å². The van der Waals surface area contributed by atoms with E-state index in [-0.39, 0.29) is 5.97 Å². The van der Waals surface area contributed by atoms with Crippen molar-refractivity contribution in [1.82, 2.24) is 0 Å². The van der Waals surface area contributed by atoms with Crippen LogP contribution in [0.2, 0.25) is 6.55 Å². The summed E-state index contributed by atoms with van der Waals surface area (Å²) in [6.07, 6.45) is 0. The first-order valence-electron chi connectivity index (χ1n) is 9.19. The number of methoxy groups -OCH3 is 1. The number of benzene rings is 3. The minimum Gasteiger partial charge on any atom is -0.491 e. The fourth-order valence-corrected chi connectivity index (χ4v) is 5.87. The molecule has 4 nitrogen and oxygen atoms in total. The van der Waals surface area contributed by atoms with Crippen LogP contribution in [0.1, 0.15) is 10.4 Å². The van der Waals surface area contributed by atoms with Crippen molar-refractivity contribution in [2.24, 2.45) is 0 Å². The van der Waals surface area contributed by atoms with Crippen molar-refractivity contribution >= 4 is 24.7 Å². The maximum absolute atomic E-state index is 11.5. The summed E-state index contributed by atoms with van der Waals surface area (Å²) in [5, 5.41) is 2.45. The second-order valence-electron chi connectivity index (χ2n) is 6.48. The Morgan fingerprint density at radius 1 is 0.786 bits per heavy atom. The molecule has 0 aliphatic rings. The van der Waals surface area contributed by atoms with E-state index in [9.17, 15) is 4.79 Å². The van der Waals surface area contributed by atoms with E-state index in [4.69, 9.17) is 13.9 Å². The molecular formula is C23H24O4Si. The lowest BCUT2D eigenvalue weighted by Crippen LogP contribution is -2.58. The zero-order valence-corrected chi connectivity index (χ0v) is 17.1. The Bertz CT molecular complexity index is 840. The first kappa shape index (κ1) is 19.9. The van der Waals surface area contributed by atoms with E-state index < -0.39 is 8.32 Å². The van der Waals surface area contributed by atoms with Gasteiger partial charge in [0.1, 0.15) is 12.4 Å². The van der Waals surface area contributed by atoms with Gasteiger partial charge in [-0.1, -0.05) is 60.7 Å². The van der Waals surface area contributed by atoms with Crippen LogP contribution in [0, 0.1) is 0 Å². The standard InChI is InChI=1S/C23H24O4Si/c1-25-23(24)19-13-15-20(16-14-19)26-17-18-27-28(2,21-9-5-3-6-10-21)22-11-7-4-8-12-22/h3-16H,17-18H2,1-2H3. The van der Waals surface area contributed by atoms with Gasteiger partial charge >= 0.3 is 5.97 Å². The van der Waals surface area contributed by atoms with Gasteiger partial charge in [0.05, 0.1) is 19.3 Å². The molecule has 3 rings (SSSR count). The molecule has 28 heavy (non-hydrogen) atoms. The first-order valence-corrected chi connectivity index (χ1v) is 11.6. The molecule has 3 aromatic rings. The molecule has 0 N–H and O–H groups in total. The Morgan fingerprint density at radius 3 is 1.82 bits per heavy atom. The van der Waals surface area contributed by atoms with Crippen LogP contribution in [0.4, 0.5) is 0 Å². The molecule has 5 heteroatoms. The molecule has 0 amide bonds. The van der Waals surface area contributed by atoms with E-state index in [1.165, 1.54) is 17.5 Å². The molecule has 0 bridgehead atoms. The summed E-state index contributed by atoms with van der Waals surface area (Å²) in [5.41, 5.74) is 0.499. The Balaban J connectivity index is 1.64. The van der Waals surface area contributed by atoms with Gasteiger partial charge in [-0.3, -0.25) is 0 Å². The molecular weight excluding hydrogens is 368 g/mol. The number of ether oxygens (including phenoxy) is 2. The lowest BCUT2D eigenvalue weighted by Gasteiger charge is -2.28. The number of carbonyl (C=O) groups excluding carboxylic acids is 1. The maximum atomic E-state index is 11.5. The molecule has 0 aliphatic heterocycles. The summed E-state index contributed by atoms with van der Waals surface area (Å²) in [6.45, 7) is 3.12. The monoisotopic (exact) mass is 392 g/mol. The van der Waals surface area contributed by atoms with E-state index in [1.807, 2.05) is 36.4 Å². The second kappa shape index (κ2) is 9.35. The zero-order chi connectivity index (χ0) is 19.8. The molecule has 0 saturated heterocycles. The van der Waals surface area contributed by atoms with Crippen molar-refractivity contribution in [3.63, 3.8) is 0 Å². The molecule has 0 radical (unpaired) electrons. The average Bonchev–Trinajstić information content (AvgIpc) is 2.77. The Kier molecular flexibility index (Phi) is 6.63. The summed E-state index contributed by atoms with van der Waals surface area (Å²) >= 11 is 0. The predicted molar refractivity (Wildman–Crippen MR) is 113 cm³/mol. The van der Waals surface area contributed by atoms with Crippen molar-refractivity contribution in [1.29, 1.82) is 0 Å². The Hall–Kier alpha value is -2.89. The van der Waals surface area contributed by atoms with Gasteiger partial charge in [-0.25, -0.2) is 4.79 Å². The fraction of sp³-hybridized carbons (Fsp3) is 0.174. The van der Waals surface area contributed by atoms with Gasteiger partial charge in [-0.05, 0) is 41.2 Å². The highest BCUT2D eigenvalue weighted by Crippen LogP contribution is 2.13. The fourth-order valence-electron chi connectivity index (χ4n) is 3.06. The van der Waals surface area contributed by atoms with Crippen LogP contribution < -0.4 is 15.1 Å². The van der Waals surface area contributed by atoms with E-state index in [0.717, 1.165) is 0 Å². The average molecular weight is 393 g/mol. The largest absolute Gasteiger partial charge is 0.491 e. The highest BCUT2D eigenvalue weighted by Gasteiger charge is 2.33. The molecule has 0 spiro atoms. The van der Waals surface area contributed by atoms with Crippen LogP contribution in [0.3, 0.4) is 0 Å². The van der Waals surface area contributed by atoms with Crippen molar-refractivity contribution in [2.45, 2.75) is 6.55 Å². The molecule has 0 fully saturated rings. The number of carbonyl (C=O) groups is 1. The summed E-state index contributed by atoms with van der Waals surface area (Å²) in [4.78, 5) is 11.5. The van der Waals surface area contributed by atoms with Crippen molar-refractivity contribution in [3.8, 4) is 5.75 Å². The van der Waals surface area contributed by atoms with Crippen LogP contribution in [-0.2, 0) is 9.16 Å². The minimum absolute atomic E-state index is 0.359. The van der Waals surface area contributed by atoms with Crippen molar-refractivity contribution in [2.75, 3.05) is 20.3 Å². The van der Waals surface area contributed by atoms with Crippen LogP contribution in [0.5, 0.6) is 5.75 Å². The van der Waals surface area contributed by atoms with E-state index in [1.54, 1.807) is 24.3 Å². The summed E-state index contributed by atoms with van der Waals surface area (Å²) in [5.74, 6) is 0.335. The van der Waals surface area contributed by atoms with E-state index >= 15 is 0 Å². The highest BCUT2D eigenvalue weighted by molar-refractivity contribution is 6.96.